The number of halogens is 4. The molecule has 0 atom stereocenters. The van der Waals surface area contributed by atoms with Crippen molar-refractivity contribution in [2.75, 3.05) is 19.4 Å². The molecule has 166 valence electrons. The molecule has 3 aromatic rings. The van der Waals surface area contributed by atoms with Crippen LogP contribution >= 0.6 is 11.6 Å². The van der Waals surface area contributed by atoms with Gasteiger partial charge in [-0.25, -0.2) is 4.98 Å². The number of fused-ring (bicyclic) bond motifs is 1. The number of likely N-dealkylation sites (N-methyl/N-ethyl adjacent to an activating group) is 1. The smallest absolute Gasteiger partial charge is 0.406 e. The van der Waals surface area contributed by atoms with Gasteiger partial charge in [0.05, 0.1) is 16.2 Å². The van der Waals surface area contributed by atoms with Crippen molar-refractivity contribution in [1.82, 2.24) is 14.5 Å². The number of carbonyl (C=O) groups excluding carboxylic acids is 1. The Morgan fingerprint density at radius 2 is 2.00 bits per heavy atom. The van der Waals surface area contributed by atoms with Crippen LogP contribution in [0.2, 0.25) is 5.02 Å². The maximum Gasteiger partial charge on any atom is 0.573 e. The minimum absolute atomic E-state index is 0.0609. The average molecular weight is 455 g/mol. The van der Waals surface area contributed by atoms with Crippen molar-refractivity contribution in [2.24, 2.45) is 0 Å². The highest BCUT2D eigenvalue weighted by Gasteiger charge is 2.32. The summed E-state index contributed by atoms with van der Waals surface area (Å²) in [5, 5.41) is 3.98. The van der Waals surface area contributed by atoms with Crippen molar-refractivity contribution in [1.29, 1.82) is 0 Å². The summed E-state index contributed by atoms with van der Waals surface area (Å²) >= 11 is 6.32. The molecule has 0 saturated carbocycles. The first-order chi connectivity index (χ1) is 14.5. The van der Waals surface area contributed by atoms with Crippen LogP contribution in [0, 0.1) is 0 Å². The van der Waals surface area contributed by atoms with Crippen LogP contribution in [0.1, 0.15) is 25.3 Å². The molecule has 1 N–H and O–H groups in total. The third kappa shape index (κ3) is 5.22. The maximum atomic E-state index is 12.7. The number of nitrogens with one attached hydrogen (secondary N) is 1. The van der Waals surface area contributed by atoms with E-state index < -0.39 is 6.36 Å². The number of alkyl halides is 3. The predicted octanol–water partition coefficient (Wildman–Crippen LogP) is 5.54. The molecule has 10 heteroatoms. The molecular formula is C21H22ClF3N4O2. The number of anilines is 2. The van der Waals surface area contributed by atoms with E-state index in [0.717, 1.165) is 17.0 Å². The Labute approximate surface area is 182 Å². The molecular weight excluding hydrogens is 433 g/mol. The van der Waals surface area contributed by atoms with Gasteiger partial charge in [-0.05, 0) is 29.7 Å². The molecule has 3 rings (SSSR count). The minimum Gasteiger partial charge on any atom is -0.406 e. The summed E-state index contributed by atoms with van der Waals surface area (Å²) in [6, 6.07) is 6.03. The Hall–Kier alpha value is -2.94. The first kappa shape index (κ1) is 22.7. The van der Waals surface area contributed by atoms with Gasteiger partial charge in [0.15, 0.2) is 0 Å². The maximum absolute atomic E-state index is 12.7. The molecule has 0 aliphatic rings. The van der Waals surface area contributed by atoms with Gasteiger partial charge in [0.1, 0.15) is 18.1 Å². The lowest BCUT2D eigenvalue weighted by Crippen LogP contribution is -2.25. The molecule has 0 spiro atoms. The molecule has 0 unspecified atom stereocenters. The zero-order chi connectivity index (χ0) is 22.9. The van der Waals surface area contributed by atoms with Crippen LogP contribution in [-0.4, -0.2) is 40.8 Å². The Morgan fingerprint density at radius 1 is 1.29 bits per heavy atom. The van der Waals surface area contributed by atoms with E-state index in [1.54, 1.807) is 37.1 Å². The fraction of sp³-hybridized carbons (Fsp3) is 0.333. The van der Waals surface area contributed by atoms with E-state index in [-0.39, 0.29) is 29.1 Å². The molecule has 0 fully saturated rings. The third-order valence-electron chi connectivity index (χ3n) is 4.70. The molecule has 1 aromatic carbocycles. The molecule has 0 bridgehead atoms. The van der Waals surface area contributed by atoms with Gasteiger partial charge in [0.2, 0.25) is 5.91 Å². The molecule has 0 saturated heterocycles. The van der Waals surface area contributed by atoms with E-state index in [1.807, 2.05) is 19.9 Å². The van der Waals surface area contributed by atoms with Crippen LogP contribution < -0.4 is 10.1 Å². The monoisotopic (exact) mass is 454 g/mol. The second-order valence-electron chi connectivity index (χ2n) is 7.52. The van der Waals surface area contributed by atoms with Crippen LogP contribution in [0.3, 0.4) is 0 Å². The summed E-state index contributed by atoms with van der Waals surface area (Å²) in [6.07, 6.45) is -1.44. The number of ether oxygens (including phenoxy) is 1. The number of hydrogen-bond donors (Lipinski definition) is 1. The minimum atomic E-state index is -4.81. The van der Waals surface area contributed by atoms with Gasteiger partial charge in [0, 0.05) is 37.9 Å². The predicted molar refractivity (Wildman–Crippen MR) is 114 cm³/mol. The number of nitrogens with zero attached hydrogens (tertiary/aromatic N) is 3. The normalized spacial score (nSPS) is 11.8. The summed E-state index contributed by atoms with van der Waals surface area (Å²) in [5.41, 5.74) is 1.78. The van der Waals surface area contributed by atoms with Crippen LogP contribution in [0.25, 0.3) is 10.9 Å². The average Bonchev–Trinajstić information content (AvgIpc) is 3.06. The highest BCUT2D eigenvalue weighted by molar-refractivity contribution is 6.33. The Kier molecular flexibility index (Phi) is 6.35. The van der Waals surface area contributed by atoms with Crippen LogP contribution in [0.15, 0.2) is 36.7 Å². The molecule has 0 radical (unpaired) electrons. The Bertz CT molecular complexity index is 1110. The van der Waals surface area contributed by atoms with Crippen molar-refractivity contribution >= 4 is 39.9 Å². The van der Waals surface area contributed by atoms with E-state index in [9.17, 15) is 18.0 Å². The largest absolute Gasteiger partial charge is 0.573 e. The lowest BCUT2D eigenvalue weighted by Gasteiger charge is -2.19. The highest BCUT2D eigenvalue weighted by atomic mass is 35.5. The fourth-order valence-electron chi connectivity index (χ4n) is 3.15. The molecule has 31 heavy (non-hydrogen) atoms. The van der Waals surface area contributed by atoms with Gasteiger partial charge in [-0.15, -0.1) is 13.2 Å². The van der Waals surface area contributed by atoms with Crippen LogP contribution in [0.4, 0.5) is 24.7 Å². The van der Waals surface area contributed by atoms with E-state index in [4.69, 9.17) is 11.6 Å². The van der Waals surface area contributed by atoms with E-state index in [1.165, 1.54) is 11.0 Å². The number of carbonyl (C=O) groups is 1. The Balaban J connectivity index is 2.00. The van der Waals surface area contributed by atoms with Gasteiger partial charge < -0.3 is 19.5 Å². The summed E-state index contributed by atoms with van der Waals surface area (Å²) in [6.45, 7) is 3.85. The quantitative estimate of drug-likeness (QED) is 0.531. The van der Waals surface area contributed by atoms with Crippen molar-refractivity contribution < 1.29 is 22.7 Å². The molecule has 2 heterocycles. The topological polar surface area (TPSA) is 59.4 Å². The third-order valence-corrected chi connectivity index (χ3v) is 4.99. The van der Waals surface area contributed by atoms with Crippen molar-refractivity contribution in [2.45, 2.75) is 32.7 Å². The summed E-state index contributed by atoms with van der Waals surface area (Å²) in [7, 11) is 3.37. The first-order valence-electron chi connectivity index (χ1n) is 9.46. The SMILES string of the molecule is CC(C)c1cc(OC(F)(F)F)cc(Cl)c1Nc1nccc2c1ccn2CC(=O)N(C)C. The summed E-state index contributed by atoms with van der Waals surface area (Å²) in [5.74, 6) is -0.111. The van der Waals surface area contributed by atoms with Crippen molar-refractivity contribution in [3.8, 4) is 5.75 Å². The zero-order valence-electron chi connectivity index (χ0n) is 17.4. The first-order valence-corrected chi connectivity index (χ1v) is 9.84. The highest BCUT2D eigenvalue weighted by Crippen LogP contribution is 2.39. The molecule has 1 amide bonds. The second kappa shape index (κ2) is 8.66. The van der Waals surface area contributed by atoms with Gasteiger partial charge in [-0.1, -0.05) is 25.4 Å². The molecule has 6 nitrogen and oxygen atoms in total. The number of hydrogen-bond acceptors (Lipinski definition) is 4. The number of pyridine rings is 1. The van der Waals surface area contributed by atoms with Crippen molar-refractivity contribution in [3.63, 3.8) is 0 Å². The molecule has 0 aliphatic heterocycles. The van der Waals surface area contributed by atoms with E-state index in [2.05, 4.69) is 15.0 Å². The summed E-state index contributed by atoms with van der Waals surface area (Å²) in [4.78, 5) is 18.0. The number of aromatic nitrogens is 2. The Morgan fingerprint density at radius 3 is 2.61 bits per heavy atom. The lowest BCUT2D eigenvalue weighted by atomic mass is 10.0. The summed E-state index contributed by atoms with van der Waals surface area (Å²) < 4.78 is 43.8. The van der Waals surface area contributed by atoms with E-state index >= 15 is 0 Å². The van der Waals surface area contributed by atoms with Gasteiger partial charge in [0.25, 0.3) is 0 Å². The molecule has 2 aromatic heterocycles. The lowest BCUT2D eigenvalue weighted by molar-refractivity contribution is -0.274. The number of rotatable bonds is 6. The number of amides is 1. The number of benzene rings is 1. The second-order valence-corrected chi connectivity index (χ2v) is 7.93. The molecule has 0 aliphatic carbocycles. The standard InChI is InChI=1S/C21H22ClF3N4O2/c1-12(2)15-9-13(31-21(23,24)25)10-16(22)19(15)27-20-14-6-8-29(11-18(30)28(3)4)17(14)5-7-26-20/h5-10,12H,11H2,1-4H3,(H,26,27). The van der Waals surface area contributed by atoms with Crippen molar-refractivity contribution in [3.05, 3.63) is 47.2 Å². The van der Waals surface area contributed by atoms with Gasteiger partial charge >= 0.3 is 6.36 Å². The van der Waals surface area contributed by atoms with Crippen LogP contribution in [0.5, 0.6) is 5.75 Å². The van der Waals surface area contributed by atoms with Gasteiger partial charge in [-0.2, -0.15) is 0 Å². The fourth-order valence-corrected chi connectivity index (χ4v) is 3.41. The van der Waals surface area contributed by atoms with E-state index in [0.29, 0.717) is 17.1 Å². The van der Waals surface area contributed by atoms with Crippen LogP contribution in [-0.2, 0) is 11.3 Å². The van der Waals surface area contributed by atoms with Gasteiger partial charge in [-0.3, -0.25) is 4.79 Å². The zero-order valence-corrected chi connectivity index (χ0v) is 18.2.